The third-order valence-corrected chi connectivity index (χ3v) is 8.45. The standard InChI is InChI=1S/C17H26N4O19P2/c1-5(23)18-9-12(26)10(24)7(3-22)38-16(9)39-42(34,35)40-41(32,33)36-4-8-11(25)13(27)15(37-8)20-2-6(21(30)31)14(28)19-17(20)29/h2,7-13,15-16,22,24-27H,3-4H2,1H3,(H,18,23)(H,32,33)(H,34,35)(H,19,28,29)/t7?,8-,9?,10?,11-,12?,13-,15-,16?/m1/s1. The number of carbonyl (C=O) groups excluding carboxylic acids is 1. The van der Waals surface area contributed by atoms with Crippen molar-refractivity contribution in [3.63, 3.8) is 0 Å². The maximum absolute atomic E-state index is 12.5. The zero-order valence-electron chi connectivity index (χ0n) is 21.0. The molecule has 1 amide bonds. The summed E-state index contributed by atoms with van der Waals surface area (Å²) in [6.45, 7) is -1.14. The van der Waals surface area contributed by atoms with Gasteiger partial charge in [-0.05, 0) is 0 Å². The minimum atomic E-state index is -5.71. The molecule has 0 saturated carbocycles. The number of nitro groups is 1. The van der Waals surface area contributed by atoms with Crippen molar-refractivity contribution in [2.75, 3.05) is 13.2 Å². The molecule has 2 saturated heterocycles. The topological polar surface area (TPSA) is 349 Å². The lowest BCUT2D eigenvalue weighted by atomic mass is 9.97. The SMILES string of the molecule is CC(=O)NC1C(OP(=O)(O)OP(=O)(O)OC[C@H]2O[C@@H](n3cc([N+](=O)[O-])c(=O)[nH]c3=O)[C@H](O)[C@@H]2O)OC(CO)C(O)C1O. The molecular formula is C17H26N4O19P2. The van der Waals surface area contributed by atoms with Crippen molar-refractivity contribution >= 4 is 27.2 Å². The van der Waals surface area contributed by atoms with Crippen LogP contribution < -0.4 is 16.6 Å². The normalized spacial score (nSPS) is 34.3. The summed E-state index contributed by atoms with van der Waals surface area (Å²) in [5.41, 5.74) is -3.79. The number of carbonyl (C=O) groups is 1. The lowest BCUT2D eigenvalue weighted by Gasteiger charge is -2.42. The van der Waals surface area contributed by atoms with Gasteiger partial charge in [-0.1, -0.05) is 0 Å². The minimum absolute atomic E-state index is 0.360. The summed E-state index contributed by atoms with van der Waals surface area (Å²) in [4.78, 5) is 66.5. The first-order valence-corrected chi connectivity index (χ1v) is 14.5. The summed E-state index contributed by atoms with van der Waals surface area (Å²) < 4.78 is 48.7. The number of nitrogens with zero attached hydrogens (tertiary/aromatic N) is 2. The number of phosphoric acid groups is 2. The Bertz CT molecular complexity index is 1380. The predicted molar refractivity (Wildman–Crippen MR) is 127 cm³/mol. The molecule has 238 valence electrons. The van der Waals surface area contributed by atoms with E-state index in [1.807, 2.05) is 0 Å². The van der Waals surface area contributed by atoms with Gasteiger partial charge in [0.05, 0.1) is 24.3 Å². The number of hydrogen-bond donors (Lipinski definition) is 9. The maximum atomic E-state index is 12.5. The Morgan fingerprint density at radius 2 is 1.71 bits per heavy atom. The van der Waals surface area contributed by atoms with Crippen molar-refractivity contribution in [2.45, 2.75) is 62.1 Å². The molecular weight excluding hydrogens is 626 g/mol. The number of aromatic nitrogens is 2. The minimum Gasteiger partial charge on any atom is -0.394 e. The molecule has 3 rings (SSSR count). The smallest absolute Gasteiger partial charge is 0.394 e. The highest BCUT2D eigenvalue weighted by molar-refractivity contribution is 7.61. The molecule has 11 atom stereocenters. The van der Waals surface area contributed by atoms with Gasteiger partial charge in [0.15, 0.2) is 12.5 Å². The van der Waals surface area contributed by atoms with E-state index in [0.717, 1.165) is 6.92 Å². The molecule has 9 N–H and O–H groups in total. The number of aliphatic hydroxyl groups excluding tert-OH is 5. The Labute approximate surface area is 232 Å². The first kappa shape index (κ1) is 34.0. The van der Waals surface area contributed by atoms with E-state index in [-0.39, 0.29) is 0 Å². The van der Waals surface area contributed by atoms with Gasteiger partial charge in [0, 0.05) is 6.92 Å². The predicted octanol–water partition coefficient (Wildman–Crippen LogP) is -4.74. The van der Waals surface area contributed by atoms with Crippen LogP contribution in [0.4, 0.5) is 5.69 Å². The highest BCUT2D eigenvalue weighted by Crippen LogP contribution is 2.61. The van der Waals surface area contributed by atoms with E-state index < -0.39 is 112 Å². The molecule has 25 heteroatoms. The van der Waals surface area contributed by atoms with Crippen LogP contribution >= 0.6 is 15.6 Å². The number of aromatic amines is 1. The van der Waals surface area contributed by atoms with Gasteiger partial charge in [-0.15, -0.1) is 0 Å². The zero-order valence-corrected chi connectivity index (χ0v) is 22.8. The molecule has 0 aromatic carbocycles. The molecule has 0 spiro atoms. The average molecular weight is 652 g/mol. The van der Waals surface area contributed by atoms with Crippen LogP contribution in [-0.4, -0.2) is 118 Å². The van der Waals surface area contributed by atoms with Crippen LogP contribution in [0, 0.1) is 10.1 Å². The van der Waals surface area contributed by atoms with Gasteiger partial charge in [0.2, 0.25) is 5.91 Å². The molecule has 2 aliphatic heterocycles. The van der Waals surface area contributed by atoms with E-state index in [1.165, 1.54) is 0 Å². The largest absolute Gasteiger partial charge is 0.483 e. The van der Waals surface area contributed by atoms with Crippen LogP contribution in [0.25, 0.3) is 0 Å². The average Bonchev–Trinajstić information content (AvgIpc) is 3.14. The van der Waals surface area contributed by atoms with Gasteiger partial charge in [0.1, 0.15) is 42.7 Å². The number of ether oxygens (including phenoxy) is 2. The van der Waals surface area contributed by atoms with Gasteiger partial charge >= 0.3 is 32.6 Å². The zero-order chi connectivity index (χ0) is 31.7. The molecule has 42 heavy (non-hydrogen) atoms. The second-order valence-corrected chi connectivity index (χ2v) is 11.8. The van der Waals surface area contributed by atoms with Crippen LogP contribution in [0.15, 0.2) is 15.8 Å². The maximum Gasteiger partial charge on any atom is 0.483 e. The van der Waals surface area contributed by atoms with Crippen LogP contribution in [0.2, 0.25) is 0 Å². The van der Waals surface area contributed by atoms with Crippen LogP contribution in [-0.2, 0) is 36.8 Å². The van der Waals surface area contributed by atoms with Gasteiger partial charge < -0.3 is 50.1 Å². The number of amides is 1. The molecule has 1 aromatic heterocycles. The van der Waals surface area contributed by atoms with Crippen LogP contribution in [0.1, 0.15) is 13.2 Å². The first-order chi connectivity index (χ1) is 19.4. The quantitative estimate of drug-likeness (QED) is 0.0615. The van der Waals surface area contributed by atoms with Gasteiger partial charge in [-0.25, -0.2) is 13.9 Å². The fraction of sp³-hybridized carbons (Fsp3) is 0.706. The van der Waals surface area contributed by atoms with Crippen molar-refractivity contribution in [2.24, 2.45) is 0 Å². The monoisotopic (exact) mass is 652 g/mol. The molecule has 0 bridgehead atoms. The second-order valence-electron chi connectivity index (χ2n) is 8.84. The number of aliphatic hydroxyl groups is 5. The third-order valence-electron chi connectivity index (χ3n) is 5.85. The van der Waals surface area contributed by atoms with E-state index >= 15 is 0 Å². The van der Waals surface area contributed by atoms with E-state index in [2.05, 4.69) is 18.7 Å². The number of nitrogens with one attached hydrogen (secondary N) is 2. The lowest BCUT2D eigenvalue weighted by molar-refractivity contribution is -0.387. The van der Waals surface area contributed by atoms with Crippen molar-refractivity contribution < 1.29 is 77.0 Å². The summed E-state index contributed by atoms with van der Waals surface area (Å²) in [5.74, 6) is -0.829. The molecule has 7 unspecified atom stereocenters. The van der Waals surface area contributed by atoms with Gasteiger partial charge in [-0.2, -0.15) is 4.31 Å². The van der Waals surface area contributed by atoms with Crippen LogP contribution in [0.5, 0.6) is 0 Å². The molecule has 1 aromatic rings. The summed E-state index contributed by atoms with van der Waals surface area (Å²) in [5, 5.41) is 63.0. The van der Waals surface area contributed by atoms with E-state index in [9.17, 15) is 68.9 Å². The van der Waals surface area contributed by atoms with Gasteiger partial charge in [0.25, 0.3) is 0 Å². The van der Waals surface area contributed by atoms with E-state index in [1.54, 1.807) is 4.98 Å². The molecule has 0 radical (unpaired) electrons. The Morgan fingerprint density at radius 3 is 2.29 bits per heavy atom. The Morgan fingerprint density at radius 1 is 1.10 bits per heavy atom. The molecule has 2 aliphatic rings. The number of rotatable bonds is 11. The first-order valence-electron chi connectivity index (χ1n) is 11.5. The lowest BCUT2D eigenvalue weighted by Crippen LogP contribution is -2.64. The summed E-state index contributed by atoms with van der Waals surface area (Å²) in [7, 11) is -11.3. The molecule has 23 nitrogen and oxygen atoms in total. The number of phosphoric ester groups is 2. The molecule has 2 fully saturated rings. The van der Waals surface area contributed by atoms with E-state index in [0.29, 0.717) is 10.8 Å². The highest BCUT2D eigenvalue weighted by Gasteiger charge is 2.50. The molecule has 0 aliphatic carbocycles. The number of H-pyrrole nitrogens is 1. The number of hydrogen-bond acceptors (Lipinski definition) is 17. The summed E-state index contributed by atoms with van der Waals surface area (Å²) in [6, 6.07) is -1.74. The van der Waals surface area contributed by atoms with E-state index in [4.69, 9.17) is 9.47 Å². The fourth-order valence-corrected chi connectivity index (χ4v) is 6.09. The second kappa shape index (κ2) is 13.0. The van der Waals surface area contributed by atoms with Crippen molar-refractivity contribution in [1.29, 1.82) is 0 Å². The molecule has 3 heterocycles. The highest BCUT2D eigenvalue weighted by atomic mass is 31.3. The van der Waals surface area contributed by atoms with Crippen LogP contribution in [0.3, 0.4) is 0 Å². The Hall–Kier alpha value is -2.47. The van der Waals surface area contributed by atoms with Gasteiger partial charge in [-0.3, -0.25) is 38.3 Å². The fourth-order valence-electron chi connectivity index (χ4n) is 3.92. The summed E-state index contributed by atoms with van der Waals surface area (Å²) in [6.07, 6.45) is -14.7. The Balaban J connectivity index is 1.69. The summed E-state index contributed by atoms with van der Waals surface area (Å²) >= 11 is 0. The Kier molecular flexibility index (Phi) is 10.6. The van der Waals surface area contributed by atoms with Crippen molar-refractivity contribution in [3.05, 3.63) is 37.1 Å². The third kappa shape index (κ3) is 7.72. The van der Waals surface area contributed by atoms with Crippen molar-refractivity contribution in [3.8, 4) is 0 Å². The van der Waals surface area contributed by atoms with Crippen molar-refractivity contribution in [1.82, 2.24) is 14.9 Å².